The van der Waals surface area contributed by atoms with Gasteiger partial charge < -0.3 is 0 Å². The van der Waals surface area contributed by atoms with Crippen molar-refractivity contribution >= 4 is 21.5 Å². The first-order valence-corrected chi connectivity index (χ1v) is 42.4. The zero-order valence-corrected chi connectivity index (χ0v) is 69.9. The van der Waals surface area contributed by atoms with E-state index in [-0.39, 0.29) is 16.2 Å². The minimum Gasteiger partial charge on any atom is -0.264 e. The second kappa shape index (κ2) is 31.6. The van der Waals surface area contributed by atoms with Gasteiger partial charge in [0.05, 0.1) is 11.4 Å². The third-order valence-corrected chi connectivity index (χ3v) is 25.0. The first-order chi connectivity index (χ1) is 61.2. The summed E-state index contributed by atoms with van der Waals surface area (Å²) in [7, 11) is 0. The molecule has 6 aromatic heterocycles. The van der Waals surface area contributed by atoms with E-state index in [1.807, 2.05) is 116 Å². The molecule has 0 amide bonds. The van der Waals surface area contributed by atoms with Gasteiger partial charge in [0.1, 0.15) is 0 Å². The summed E-state index contributed by atoms with van der Waals surface area (Å²) in [6.07, 6.45) is 11.0. The van der Waals surface area contributed by atoms with Crippen LogP contribution in [-0.2, 0) is 16.2 Å². The Kier molecular flexibility index (Phi) is 19.4. The maximum absolute atomic E-state index is 5.10. The molecule has 0 N–H and O–H groups in total. The highest BCUT2D eigenvalue weighted by atomic mass is 15.0. The van der Waals surface area contributed by atoms with E-state index in [2.05, 4.69) is 317 Å². The van der Waals surface area contributed by atoms with E-state index < -0.39 is 0 Å². The summed E-state index contributed by atoms with van der Waals surface area (Å²) >= 11 is 0. The number of hydrogen-bond acceptors (Lipinski definition) is 11. The molecule has 0 saturated carbocycles. The SMILES string of the molecule is CC1(C)c2cc(-c3nc(-c4ccccc4)nc(-c4ccc(-c5cccnc5)cc4)n3)ccc2-c2c1ccc1ccccc21.CC1(C)c2cc(-c3nc(-c4ccccc4)nc(-c4ccc(-c5cccnc5)cc4)n3)ccc2-c2ccc3ccccc3c21.CC1(C)c2ccccc2-c2cc(-c3nc(-c4ccccc4)cc(-c4ccc(-c5cccnc5)cc4)n3)ccc21. The van der Waals surface area contributed by atoms with Crippen molar-refractivity contribution in [2.45, 2.75) is 57.8 Å². The highest BCUT2D eigenvalue weighted by Crippen LogP contribution is 2.55. The fourth-order valence-electron chi connectivity index (χ4n) is 18.5. The lowest BCUT2D eigenvalue weighted by Crippen LogP contribution is -2.15. The molecule has 0 aliphatic heterocycles. The van der Waals surface area contributed by atoms with Gasteiger partial charge in [0.25, 0.3) is 0 Å². The summed E-state index contributed by atoms with van der Waals surface area (Å²) in [5, 5.41) is 5.14. The third-order valence-electron chi connectivity index (χ3n) is 25.0. The molecule has 0 spiro atoms. The van der Waals surface area contributed by atoms with E-state index in [4.69, 9.17) is 39.9 Å². The highest BCUT2D eigenvalue weighted by molar-refractivity contribution is 6.03. The fraction of sp³-hybridized carbons (Fsp3) is 0.0789. The molecule has 3 aliphatic carbocycles. The number of aromatic nitrogens is 11. The van der Waals surface area contributed by atoms with Crippen LogP contribution in [-0.4, -0.2) is 54.8 Å². The van der Waals surface area contributed by atoms with Crippen molar-refractivity contribution in [1.29, 1.82) is 0 Å². The van der Waals surface area contributed by atoms with Crippen LogP contribution >= 0.6 is 0 Å². The molecule has 23 rings (SSSR count). The number of pyridine rings is 3. The standard InChI is InChI=1S/2C39H28N4.C36H27N3/c1-39(2)34-23-29(19-20-32(34)33-21-18-26-9-6-7-13-31(26)35(33)39)38-42-36(27-10-4-3-5-11-27)41-37(43-38)28-16-14-25(15-17-28)30-12-8-22-40-24-30;1-39(2)33-21-19-26-9-6-7-13-31(26)35(33)32-20-18-29(23-34(32)39)38-42-36(27-10-4-3-5-11-27)41-37(43-38)28-16-14-25(15-17-28)30-12-8-22-40-24-30;1-36(2)31-13-7-6-12-29(31)30-21-27(18-19-32(30)36)35-38-33(25-9-4-3-5-10-25)22-34(39-35)26-16-14-24(15-17-26)28-11-8-20-37-23-28/h2*3-24H,1-2H3;3-23H,1-2H3. The van der Waals surface area contributed by atoms with Crippen LogP contribution < -0.4 is 0 Å². The second-order valence-electron chi connectivity index (χ2n) is 33.7. The number of fused-ring (bicyclic) bond motifs is 13. The molecule has 0 unspecified atom stereocenters. The van der Waals surface area contributed by atoms with Crippen LogP contribution in [0.4, 0.5) is 0 Å². The number of benzene rings is 14. The van der Waals surface area contributed by atoms with E-state index in [0.717, 1.165) is 101 Å². The zero-order chi connectivity index (χ0) is 84.3. The molecular formula is C114H83N11. The van der Waals surface area contributed by atoms with Gasteiger partial charge in [-0.25, -0.2) is 39.9 Å². The molecule has 3 aliphatic rings. The minimum absolute atomic E-state index is 0.0294. The van der Waals surface area contributed by atoms with Gasteiger partial charge in [0.15, 0.2) is 40.8 Å². The first-order valence-electron chi connectivity index (χ1n) is 42.4. The molecule has 6 heterocycles. The topological polar surface area (TPSA) is 142 Å². The Labute approximate surface area is 726 Å². The predicted octanol–water partition coefficient (Wildman–Crippen LogP) is 27.6. The van der Waals surface area contributed by atoms with Gasteiger partial charge in [-0.1, -0.05) is 357 Å². The molecule has 125 heavy (non-hydrogen) atoms. The van der Waals surface area contributed by atoms with Gasteiger partial charge in [-0.2, -0.15) is 0 Å². The smallest absolute Gasteiger partial charge is 0.164 e. The molecule has 14 aromatic carbocycles. The summed E-state index contributed by atoms with van der Waals surface area (Å²) < 4.78 is 0. The van der Waals surface area contributed by atoms with Crippen LogP contribution in [0.2, 0.25) is 0 Å². The van der Waals surface area contributed by atoms with Crippen molar-refractivity contribution in [3.05, 3.63) is 428 Å². The lowest BCUT2D eigenvalue weighted by molar-refractivity contribution is 0.660. The summed E-state index contributed by atoms with van der Waals surface area (Å²) in [6.45, 7) is 13.9. The fourth-order valence-corrected chi connectivity index (χ4v) is 18.5. The Balaban J connectivity index is 0.000000115. The summed E-state index contributed by atoms with van der Waals surface area (Å²) in [6, 6.07) is 125. The first kappa shape index (κ1) is 76.5. The van der Waals surface area contributed by atoms with Crippen LogP contribution in [0.1, 0.15) is 74.9 Å². The van der Waals surface area contributed by atoms with Crippen molar-refractivity contribution in [1.82, 2.24) is 54.8 Å². The quantitative estimate of drug-likeness (QED) is 0.115. The molecule has 0 bridgehead atoms. The molecule has 20 aromatic rings. The lowest BCUT2D eigenvalue weighted by Gasteiger charge is -2.23. The van der Waals surface area contributed by atoms with Crippen LogP contribution in [0.3, 0.4) is 0 Å². The Bertz CT molecular complexity index is 7490. The summed E-state index contributed by atoms with van der Waals surface area (Å²) in [5.74, 6) is 4.68. The zero-order valence-electron chi connectivity index (χ0n) is 69.9. The maximum atomic E-state index is 5.10. The molecule has 11 nitrogen and oxygen atoms in total. The number of nitrogens with zero attached hydrogens (tertiary/aromatic N) is 11. The predicted molar refractivity (Wildman–Crippen MR) is 508 cm³/mol. The van der Waals surface area contributed by atoms with Gasteiger partial charge in [-0.3, -0.25) is 15.0 Å². The number of rotatable bonds is 12. The Morgan fingerprint density at radius 2 is 0.512 bits per heavy atom. The van der Waals surface area contributed by atoms with Crippen molar-refractivity contribution in [2.75, 3.05) is 0 Å². The third kappa shape index (κ3) is 14.3. The van der Waals surface area contributed by atoms with E-state index >= 15 is 0 Å². The Morgan fingerprint density at radius 3 is 1.02 bits per heavy atom. The minimum atomic E-state index is -0.165. The maximum Gasteiger partial charge on any atom is 0.164 e. The molecular weight excluding hydrogens is 1520 g/mol. The van der Waals surface area contributed by atoms with Crippen molar-refractivity contribution < 1.29 is 0 Å². The highest BCUT2D eigenvalue weighted by Gasteiger charge is 2.40. The van der Waals surface area contributed by atoms with Crippen LogP contribution in [0.25, 0.3) is 191 Å². The van der Waals surface area contributed by atoms with Crippen molar-refractivity contribution in [3.63, 3.8) is 0 Å². The monoisotopic (exact) mass is 1610 g/mol. The van der Waals surface area contributed by atoms with Crippen LogP contribution in [0.15, 0.2) is 395 Å². The lowest BCUT2D eigenvalue weighted by atomic mass is 9.80. The molecule has 11 heteroatoms. The van der Waals surface area contributed by atoms with Gasteiger partial charge in [-0.05, 0) is 164 Å². The average molecular weight is 1610 g/mol. The second-order valence-corrected chi connectivity index (χ2v) is 33.7. The van der Waals surface area contributed by atoms with Gasteiger partial charge in [0.2, 0.25) is 0 Å². The Morgan fingerprint density at radius 1 is 0.184 bits per heavy atom. The van der Waals surface area contributed by atoms with E-state index in [1.165, 1.54) is 88.3 Å². The largest absolute Gasteiger partial charge is 0.264 e. The molecule has 0 radical (unpaired) electrons. The van der Waals surface area contributed by atoms with Crippen molar-refractivity contribution in [2.24, 2.45) is 0 Å². The van der Waals surface area contributed by atoms with E-state index in [0.29, 0.717) is 34.9 Å². The molecule has 0 fully saturated rings. The summed E-state index contributed by atoms with van der Waals surface area (Å²) in [5.41, 5.74) is 32.7. The van der Waals surface area contributed by atoms with Crippen molar-refractivity contribution in [3.8, 4) is 169 Å². The van der Waals surface area contributed by atoms with E-state index in [9.17, 15) is 0 Å². The Hall–Kier alpha value is -15.9. The molecule has 0 saturated heterocycles. The molecule has 0 atom stereocenters. The van der Waals surface area contributed by atoms with Crippen LogP contribution in [0.5, 0.6) is 0 Å². The molecule has 594 valence electrons. The summed E-state index contributed by atoms with van der Waals surface area (Å²) in [4.78, 5) is 52.9. The van der Waals surface area contributed by atoms with E-state index in [1.54, 1.807) is 18.6 Å². The average Bonchev–Trinajstić information content (AvgIpc) is 1.57. The van der Waals surface area contributed by atoms with Gasteiger partial charge >= 0.3 is 0 Å². The number of hydrogen-bond donors (Lipinski definition) is 0. The normalized spacial score (nSPS) is 13.1. The van der Waals surface area contributed by atoms with Gasteiger partial charge in [0, 0.05) is 103 Å². The van der Waals surface area contributed by atoms with Crippen LogP contribution in [0, 0.1) is 0 Å². The van der Waals surface area contributed by atoms with Gasteiger partial charge in [-0.15, -0.1) is 0 Å².